The molecule has 3 aromatic rings. The summed E-state index contributed by atoms with van der Waals surface area (Å²) in [6.07, 6.45) is 0.0296. The summed E-state index contributed by atoms with van der Waals surface area (Å²) >= 11 is 0. The Morgan fingerprint density at radius 1 is 1.18 bits per heavy atom. The van der Waals surface area contributed by atoms with Gasteiger partial charge in [-0.05, 0) is 44.2 Å². The van der Waals surface area contributed by atoms with E-state index in [0.29, 0.717) is 23.6 Å². The molecule has 0 aliphatic heterocycles. The van der Waals surface area contributed by atoms with E-state index in [1.165, 1.54) is 12.1 Å². The Kier molecular flexibility index (Phi) is 5.75. The van der Waals surface area contributed by atoms with Crippen LogP contribution >= 0.6 is 0 Å². The van der Waals surface area contributed by atoms with E-state index in [4.69, 9.17) is 19.1 Å². The maximum Gasteiger partial charge on any atom is 0.338 e. The topological polar surface area (TPSA) is 81.8 Å². The summed E-state index contributed by atoms with van der Waals surface area (Å²) in [7, 11) is 1.60. The Morgan fingerprint density at radius 3 is 2.57 bits per heavy atom. The van der Waals surface area contributed by atoms with Crippen molar-refractivity contribution < 1.29 is 28.3 Å². The maximum atomic E-state index is 13.9. The first-order chi connectivity index (χ1) is 13.4. The molecular formula is C21H20FNO5. The van der Waals surface area contributed by atoms with Crippen LogP contribution in [0.15, 0.2) is 47.0 Å². The smallest absolute Gasteiger partial charge is 0.338 e. The van der Waals surface area contributed by atoms with Gasteiger partial charge in [0.15, 0.2) is 5.76 Å². The molecule has 0 spiro atoms. The Hall–Kier alpha value is -3.19. The Labute approximate surface area is 161 Å². The van der Waals surface area contributed by atoms with Crippen LogP contribution in [0.3, 0.4) is 0 Å². The summed E-state index contributed by atoms with van der Waals surface area (Å²) in [5, 5.41) is 12.9. The van der Waals surface area contributed by atoms with Gasteiger partial charge in [0, 0.05) is 29.9 Å². The molecule has 0 aliphatic rings. The summed E-state index contributed by atoms with van der Waals surface area (Å²) in [6.45, 7) is 4.27. The highest BCUT2D eigenvalue weighted by Crippen LogP contribution is 2.31. The number of ether oxygens (including phenoxy) is 2. The Morgan fingerprint density at radius 2 is 1.93 bits per heavy atom. The quantitative estimate of drug-likeness (QED) is 0.630. The largest absolute Gasteiger partial charge is 0.491 e. The zero-order valence-electron chi connectivity index (χ0n) is 15.7. The number of nitrogens with zero attached hydrogens (tertiary/aromatic N) is 1. The molecule has 0 saturated carbocycles. The second-order valence-corrected chi connectivity index (χ2v) is 6.50. The van der Waals surface area contributed by atoms with Crippen LogP contribution in [0.1, 0.15) is 29.8 Å². The van der Waals surface area contributed by atoms with Gasteiger partial charge in [0.25, 0.3) is 0 Å². The van der Waals surface area contributed by atoms with E-state index in [0.717, 1.165) is 22.9 Å². The van der Waals surface area contributed by atoms with Crippen LogP contribution in [0.4, 0.5) is 4.39 Å². The van der Waals surface area contributed by atoms with Gasteiger partial charge in [-0.1, -0.05) is 11.2 Å². The van der Waals surface area contributed by atoms with Gasteiger partial charge in [0.1, 0.15) is 17.3 Å². The molecule has 28 heavy (non-hydrogen) atoms. The third kappa shape index (κ3) is 4.20. The normalized spacial score (nSPS) is 11.0. The molecule has 0 aliphatic carbocycles. The standard InChI is InChI=1S/C21H20FNO5/c1-12(2)27-19-7-5-14(8-15(19)11-26-3)20-10-18(23-28-20)13-4-6-16(21(24)25)17(22)9-13/h4-10,12H,11H2,1-3H3,(H,24,25). The molecule has 3 rings (SSSR count). The molecule has 1 aromatic heterocycles. The van der Waals surface area contributed by atoms with E-state index >= 15 is 0 Å². The van der Waals surface area contributed by atoms with Crippen molar-refractivity contribution in [2.45, 2.75) is 26.6 Å². The Balaban J connectivity index is 1.92. The lowest BCUT2D eigenvalue weighted by molar-refractivity contribution is 0.0692. The number of halogens is 1. The van der Waals surface area contributed by atoms with Gasteiger partial charge in [-0.25, -0.2) is 9.18 Å². The lowest BCUT2D eigenvalue weighted by Gasteiger charge is -2.14. The van der Waals surface area contributed by atoms with Crippen LogP contribution in [0.2, 0.25) is 0 Å². The van der Waals surface area contributed by atoms with Gasteiger partial charge in [0.05, 0.1) is 18.3 Å². The number of hydrogen-bond acceptors (Lipinski definition) is 5. The first-order valence-corrected chi connectivity index (χ1v) is 8.68. The minimum atomic E-state index is -1.32. The predicted octanol–water partition coefficient (Wildman–Crippen LogP) is 4.78. The number of carboxylic acids is 1. The van der Waals surface area contributed by atoms with Gasteiger partial charge in [-0.3, -0.25) is 0 Å². The highest BCUT2D eigenvalue weighted by molar-refractivity contribution is 5.88. The number of aromatic nitrogens is 1. The third-order valence-corrected chi connectivity index (χ3v) is 4.01. The number of benzene rings is 2. The molecule has 6 nitrogen and oxygen atoms in total. The highest BCUT2D eigenvalue weighted by Gasteiger charge is 2.15. The second-order valence-electron chi connectivity index (χ2n) is 6.50. The fourth-order valence-electron chi connectivity index (χ4n) is 2.77. The van der Waals surface area contributed by atoms with E-state index in [9.17, 15) is 9.18 Å². The van der Waals surface area contributed by atoms with Crippen molar-refractivity contribution in [3.63, 3.8) is 0 Å². The molecule has 1 N–H and O–H groups in total. The second kappa shape index (κ2) is 8.22. The van der Waals surface area contributed by atoms with Crippen molar-refractivity contribution >= 4 is 5.97 Å². The van der Waals surface area contributed by atoms with E-state index < -0.39 is 17.3 Å². The Bertz CT molecular complexity index is 996. The zero-order valence-corrected chi connectivity index (χ0v) is 15.7. The number of hydrogen-bond donors (Lipinski definition) is 1. The average Bonchev–Trinajstić information content (AvgIpc) is 3.12. The van der Waals surface area contributed by atoms with E-state index in [1.54, 1.807) is 13.2 Å². The molecule has 0 radical (unpaired) electrons. The SMILES string of the molecule is COCc1cc(-c2cc(-c3ccc(C(=O)O)c(F)c3)no2)ccc1OC(C)C. The monoisotopic (exact) mass is 385 g/mol. The minimum absolute atomic E-state index is 0.0296. The fourth-order valence-corrected chi connectivity index (χ4v) is 2.77. The number of aromatic carboxylic acids is 1. The van der Waals surface area contributed by atoms with Crippen molar-refractivity contribution in [2.24, 2.45) is 0 Å². The van der Waals surface area contributed by atoms with E-state index in [-0.39, 0.29) is 6.10 Å². The molecule has 0 unspecified atom stereocenters. The molecule has 0 saturated heterocycles. The molecule has 146 valence electrons. The summed E-state index contributed by atoms with van der Waals surface area (Å²) in [5.74, 6) is -0.927. The van der Waals surface area contributed by atoms with Gasteiger partial charge >= 0.3 is 5.97 Å². The average molecular weight is 385 g/mol. The summed E-state index contributed by atoms with van der Waals surface area (Å²) in [4.78, 5) is 10.9. The third-order valence-electron chi connectivity index (χ3n) is 4.01. The summed E-state index contributed by atoms with van der Waals surface area (Å²) in [5.41, 5.74) is 2.07. The van der Waals surface area contributed by atoms with E-state index in [2.05, 4.69) is 5.16 Å². The number of rotatable bonds is 7. The predicted molar refractivity (Wildman–Crippen MR) is 101 cm³/mol. The van der Waals surface area contributed by atoms with Crippen LogP contribution in [0, 0.1) is 5.82 Å². The van der Waals surface area contributed by atoms with E-state index in [1.807, 2.05) is 32.0 Å². The highest BCUT2D eigenvalue weighted by atomic mass is 19.1. The fraction of sp³-hybridized carbons (Fsp3) is 0.238. The zero-order chi connectivity index (χ0) is 20.3. The number of carbonyl (C=O) groups is 1. The van der Waals surface area contributed by atoms with Crippen LogP contribution < -0.4 is 4.74 Å². The van der Waals surface area contributed by atoms with Gasteiger partial charge in [-0.15, -0.1) is 0 Å². The summed E-state index contributed by atoms with van der Waals surface area (Å²) < 4.78 is 30.4. The van der Waals surface area contributed by atoms with Crippen molar-refractivity contribution in [1.29, 1.82) is 0 Å². The molecular weight excluding hydrogens is 365 g/mol. The minimum Gasteiger partial charge on any atom is -0.491 e. The number of carboxylic acid groups (broad SMARTS) is 1. The molecule has 2 aromatic carbocycles. The van der Waals surface area contributed by atoms with Crippen LogP contribution in [0.25, 0.3) is 22.6 Å². The van der Waals surface area contributed by atoms with Crippen LogP contribution in [-0.4, -0.2) is 29.4 Å². The van der Waals surface area contributed by atoms with Gasteiger partial charge < -0.3 is 19.1 Å². The number of methoxy groups -OCH3 is 1. The lowest BCUT2D eigenvalue weighted by atomic mass is 10.1. The van der Waals surface area contributed by atoms with Crippen molar-refractivity contribution in [3.8, 4) is 28.3 Å². The first-order valence-electron chi connectivity index (χ1n) is 8.68. The van der Waals surface area contributed by atoms with Gasteiger partial charge in [-0.2, -0.15) is 0 Å². The lowest BCUT2D eigenvalue weighted by Crippen LogP contribution is -2.07. The molecule has 7 heteroatoms. The first kappa shape index (κ1) is 19.6. The summed E-state index contributed by atoms with van der Waals surface area (Å²) in [6, 6.07) is 11.1. The molecule has 0 amide bonds. The molecule has 0 atom stereocenters. The maximum absolute atomic E-state index is 13.9. The van der Waals surface area contributed by atoms with Gasteiger partial charge in [0.2, 0.25) is 0 Å². The molecule has 0 bridgehead atoms. The molecule has 1 heterocycles. The van der Waals surface area contributed by atoms with Crippen molar-refractivity contribution in [3.05, 3.63) is 59.4 Å². The van der Waals surface area contributed by atoms with Crippen molar-refractivity contribution in [2.75, 3.05) is 7.11 Å². The van der Waals surface area contributed by atoms with Crippen LogP contribution in [-0.2, 0) is 11.3 Å². The molecule has 0 fully saturated rings. The van der Waals surface area contributed by atoms with Crippen molar-refractivity contribution in [1.82, 2.24) is 5.16 Å². The van der Waals surface area contributed by atoms with Crippen LogP contribution in [0.5, 0.6) is 5.75 Å².